The van der Waals surface area contributed by atoms with Crippen LogP contribution in [0.5, 0.6) is 5.75 Å². The Hall–Kier alpha value is -1.71. The molecule has 0 fully saturated rings. The zero-order chi connectivity index (χ0) is 15.3. The molecule has 0 heterocycles. The standard InChI is InChI=1S/C12H17NO7/c14-5-8(16)9(17)10(18)11(19)12(20)13-6-1-3-7(15)4-2-6/h1-4,8-11,14-19H,5H2,(H,13,20)/t8-,9-,10+,11-/m1/s1. The van der Waals surface area contributed by atoms with Gasteiger partial charge in [0.25, 0.3) is 5.91 Å². The van der Waals surface area contributed by atoms with Crippen LogP contribution in [0.1, 0.15) is 0 Å². The largest absolute Gasteiger partial charge is 0.508 e. The number of hydrogen-bond acceptors (Lipinski definition) is 7. The molecular weight excluding hydrogens is 270 g/mol. The van der Waals surface area contributed by atoms with E-state index < -0.39 is 36.9 Å². The number of carbonyl (C=O) groups is 1. The van der Waals surface area contributed by atoms with E-state index in [9.17, 15) is 20.1 Å². The van der Waals surface area contributed by atoms with Gasteiger partial charge in [-0.2, -0.15) is 0 Å². The van der Waals surface area contributed by atoms with E-state index in [0.717, 1.165) is 0 Å². The maximum atomic E-state index is 11.6. The van der Waals surface area contributed by atoms with E-state index in [1.807, 2.05) is 0 Å². The first kappa shape index (κ1) is 16.3. The number of amides is 1. The maximum Gasteiger partial charge on any atom is 0.256 e. The second kappa shape index (κ2) is 7.17. The van der Waals surface area contributed by atoms with Crippen molar-refractivity contribution in [3.05, 3.63) is 24.3 Å². The number of carbonyl (C=O) groups excluding carboxylic acids is 1. The Balaban J connectivity index is 2.64. The number of hydrogen-bond donors (Lipinski definition) is 7. The summed E-state index contributed by atoms with van der Waals surface area (Å²) in [6.07, 6.45) is -7.52. The summed E-state index contributed by atoms with van der Waals surface area (Å²) in [6, 6.07) is 5.35. The molecule has 0 aromatic heterocycles. The van der Waals surface area contributed by atoms with E-state index in [1.54, 1.807) is 0 Å². The molecule has 0 saturated carbocycles. The molecular formula is C12H17NO7. The first-order valence-corrected chi connectivity index (χ1v) is 5.80. The minimum Gasteiger partial charge on any atom is -0.508 e. The number of aromatic hydroxyl groups is 1. The van der Waals surface area contributed by atoms with Gasteiger partial charge in [0.15, 0.2) is 6.10 Å². The average Bonchev–Trinajstić information content (AvgIpc) is 2.46. The van der Waals surface area contributed by atoms with Gasteiger partial charge in [-0.3, -0.25) is 4.79 Å². The van der Waals surface area contributed by atoms with Crippen molar-refractivity contribution in [1.29, 1.82) is 0 Å². The van der Waals surface area contributed by atoms with Crippen molar-refractivity contribution in [3.8, 4) is 5.75 Å². The van der Waals surface area contributed by atoms with Gasteiger partial charge in [0, 0.05) is 5.69 Å². The van der Waals surface area contributed by atoms with E-state index in [0.29, 0.717) is 0 Å². The summed E-state index contributed by atoms with van der Waals surface area (Å²) in [6.45, 7) is -0.829. The first-order valence-electron chi connectivity index (χ1n) is 5.80. The minimum absolute atomic E-state index is 0.00919. The molecule has 1 aromatic rings. The van der Waals surface area contributed by atoms with Gasteiger partial charge in [0.05, 0.1) is 6.61 Å². The summed E-state index contributed by atoms with van der Waals surface area (Å²) >= 11 is 0. The first-order chi connectivity index (χ1) is 9.36. The van der Waals surface area contributed by atoms with Crippen molar-refractivity contribution < 1.29 is 35.4 Å². The molecule has 1 rings (SSSR count). The summed E-state index contributed by atoms with van der Waals surface area (Å²) in [5.74, 6) is -1.02. The molecule has 1 aromatic carbocycles. The van der Waals surface area contributed by atoms with Crippen LogP contribution in [0.15, 0.2) is 24.3 Å². The van der Waals surface area contributed by atoms with Crippen molar-refractivity contribution in [2.24, 2.45) is 0 Å². The number of benzene rings is 1. The lowest BCUT2D eigenvalue weighted by Gasteiger charge is -2.24. The van der Waals surface area contributed by atoms with E-state index in [2.05, 4.69) is 5.32 Å². The molecule has 7 N–H and O–H groups in total. The molecule has 112 valence electrons. The van der Waals surface area contributed by atoms with Crippen LogP contribution in [0.3, 0.4) is 0 Å². The average molecular weight is 287 g/mol. The predicted molar refractivity (Wildman–Crippen MR) is 67.8 cm³/mol. The highest BCUT2D eigenvalue weighted by Gasteiger charge is 2.34. The summed E-state index contributed by atoms with van der Waals surface area (Å²) < 4.78 is 0. The van der Waals surface area contributed by atoms with E-state index >= 15 is 0 Å². The lowest BCUT2D eigenvalue weighted by Crippen LogP contribution is -2.50. The molecule has 0 aliphatic heterocycles. The second-order valence-electron chi connectivity index (χ2n) is 4.21. The van der Waals surface area contributed by atoms with Crippen molar-refractivity contribution in [2.75, 3.05) is 11.9 Å². The third-order valence-corrected chi connectivity index (χ3v) is 2.66. The van der Waals surface area contributed by atoms with Crippen molar-refractivity contribution in [1.82, 2.24) is 0 Å². The molecule has 1 amide bonds. The van der Waals surface area contributed by atoms with Gasteiger partial charge < -0.3 is 36.0 Å². The van der Waals surface area contributed by atoms with Gasteiger partial charge in [0.1, 0.15) is 24.1 Å². The lowest BCUT2D eigenvalue weighted by atomic mass is 10.0. The molecule has 0 saturated heterocycles. The van der Waals surface area contributed by atoms with E-state index in [4.69, 9.17) is 15.3 Å². The SMILES string of the molecule is O=C(Nc1ccc(O)cc1)[C@H](O)[C@@H](O)[C@H](O)[C@H](O)CO. The highest BCUT2D eigenvalue weighted by Crippen LogP contribution is 2.14. The fourth-order valence-corrected chi connectivity index (χ4v) is 1.44. The van der Waals surface area contributed by atoms with Crippen molar-refractivity contribution in [2.45, 2.75) is 24.4 Å². The summed E-state index contributed by atoms with van der Waals surface area (Å²) in [4.78, 5) is 11.6. The third-order valence-electron chi connectivity index (χ3n) is 2.66. The number of phenolic OH excluding ortho intramolecular Hbond substituents is 1. The minimum atomic E-state index is -2.00. The molecule has 0 radical (unpaired) electrons. The summed E-state index contributed by atoms with van der Waals surface area (Å²) in [7, 11) is 0. The molecule has 0 bridgehead atoms. The molecule has 0 spiro atoms. The van der Waals surface area contributed by atoms with E-state index in [1.165, 1.54) is 24.3 Å². The lowest BCUT2D eigenvalue weighted by molar-refractivity contribution is -0.144. The van der Waals surface area contributed by atoms with Gasteiger partial charge in [-0.05, 0) is 24.3 Å². The predicted octanol–water partition coefficient (Wildman–Crippen LogP) is -2.23. The van der Waals surface area contributed by atoms with Crippen molar-refractivity contribution >= 4 is 11.6 Å². The number of aliphatic hydroxyl groups is 5. The summed E-state index contributed by atoms with van der Waals surface area (Å²) in [5, 5.41) is 57.5. The highest BCUT2D eigenvalue weighted by atomic mass is 16.4. The number of nitrogens with one attached hydrogen (secondary N) is 1. The molecule has 4 atom stereocenters. The Morgan fingerprint density at radius 2 is 1.60 bits per heavy atom. The normalized spacial score (nSPS) is 17.1. The van der Waals surface area contributed by atoms with Crippen LogP contribution in [0.2, 0.25) is 0 Å². The van der Waals surface area contributed by atoms with Crippen LogP contribution in [0.4, 0.5) is 5.69 Å². The Kier molecular flexibility index (Phi) is 5.86. The summed E-state index contributed by atoms with van der Waals surface area (Å²) in [5.41, 5.74) is 0.260. The Morgan fingerprint density at radius 1 is 1.05 bits per heavy atom. The number of anilines is 1. The second-order valence-corrected chi connectivity index (χ2v) is 4.21. The highest BCUT2D eigenvalue weighted by molar-refractivity contribution is 5.94. The van der Waals surface area contributed by atoms with Crippen LogP contribution in [-0.4, -0.2) is 67.6 Å². The Morgan fingerprint density at radius 3 is 2.10 bits per heavy atom. The molecule has 0 unspecified atom stereocenters. The Bertz CT molecular complexity index is 436. The van der Waals surface area contributed by atoms with Gasteiger partial charge >= 0.3 is 0 Å². The Labute approximate surface area is 114 Å². The van der Waals surface area contributed by atoms with Gasteiger partial charge in [0.2, 0.25) is 0 Å². The van der Waals surface area contributed by atoms with E-state index in [-0.39, 0.29) is 11.4 Å². The molecule has 8 nitrogen and oxygen atoms in total. The van der Waals surface area contributed by atoms with Crippen LogP contribution >= 0.6 is 0 Å². The topological polar surface area (TPSA) is 150 Å². The monoisotopic (exact) mass is 287 g/mol. The number of rotatable bonds is 6. The molecule has 0 aliphatic carbocycles. The van der Waals surface area contributed by atoms with Crippen molar-refractivity contribution in [3.63, 3.8) is 0 Å². The quantitative estimate of drug-likeness (QED) is 0.292. The maximum absolute atomic E-state index is 11.6. The van der Waals surface area contributed by atoms with Crippen LogP contribution in [0, 0.1) is 0 Å². The van der Waals surface area contributed by atoms with Gasteiger partial charge in [-0.25, -0.2) is 0 Å². The van der Waals surface area contributed by atoms with Gasteiger partial charge in [-0.1, -0.05) is 0 Å². The zero-order valence-electron chi connectivity index (χ0n) is 10.4. The zero-order valence-corrected chi connectivity index (χ0v) is 10.4. The molecule has 8 heteroatoms. The fourth-order valence-electron chi connectivity index (χ4n) is 1.44. The molecule has 20 heavy (non-hydrogen) atoms. The fraction of sp³-hybridized carbons (Fsp3) is 0.417. The number of aliphatic hydroxyl groups excluding tert-OH is 5. The third kappa shape index (κ3) is 4.15. The van der Waals surface area contributed by atoms with Crippen LogP contribution in [-0.2, 0) is 4.79 Å². The van der Waals surface area contributed by atoms with Gasteiger partial charge in [-0.15, -0.1) is 0 Å². The van der Waals surface area contributed by atoms with Crippen LogP contribution in [0.25, 0.3) is 0 Å². The number of phenols is 1. The van der Waals surface area contributed by atoms with Crippen LogP contribution < -0.4 is 5.32 Å². The smallest absolute Gasteiger partial charge is 0.256 e. The molecule has 0 aliphatic rings.